The number of methoxy groups -OCH3 is 1. The summed E-state index contributed by atoms with van der Waals surface area (Å²) in [7, 11) is 1.51. The molecule has 1 amide bonds. The highest BCUT2D eigenvalue weighted by molar-refractivity contribution is 9.10. The fraction of sp³-hybridized carbons (Fsp3) is 0.185. The Labute approximate surface area is 230 Å². The fourth-order valence-electron chi connectivity index (χ4n) is 3.67. The lowest BCUT2D eigenvalue weighted by molar-refractivity contribution is -0.118. The van der Waals surface area contributed by atoms with E-state index in [1.54, 1.807) is 36.4 Å². The number of benzene rings is 3. The Morgan fingerprint density at radius 2 is 1.89 bits per heavy atom. The van der Waals surface area contributed by atoms with Crippen LogP contribution in [0.1, 0.15) is 24.7 Å². The van der Waals surface area contributed by atoms with Gasteiger partial charge in [-0.25, -0.2) is 4.98 Å². The minimum absolute atomic E-state index is 0.250. The number of aromatic nitrogens is 2. The first-order valence-electron chi connectivity index (χ1n) is 11.5. The molecule has 4 aromatic rings. The highest BCUT2D eigenvalue weighted by Crippen LogP contribution is 2.34. The molecule has 0 fully saturated rings. The van der Waals surface area contributed by atoms with Gasteiger partial charge in [0.05, 0.1) is 24.2 Å². The van der Waals surface area contributed by atoms with Gasteiger partial charge in [-0.15, -0.1) is 0 Å². The molecule has 0 aliphatic carbocycles. The lowest BCUT2D eigenvalue weighted by Gasteiger charge is -2.14. The number of aryl methyl sites for hydroxylation is 1. The summed E-state index contributed by atoms with van der Waals surface area (Å²) in [6.07, 6.45) is 2.87. The van der Waals surface area contributed by atoms with Gasteiger partial charge in [0.2, 0.25) is 0 Å². The van der Waals surface area contributed by atoms with Crippen LogP contribution in [-0.4, -0.2) is 35.5 Å². The smallest absolute Gasteiger partial charge is 0.282 e. The molecule has 10 heteroatoms. The summed E-state index contributed by atoms with van der Waals surface area (Å²) in [6, 6.07) is 18.0. The lowest BCUT2D eigenvalue weighted by Crippen LogP contribution is -2.22. The van der Waals surface area contributed by atoms with Crippen LogP contribution in [-0.2, 0) is 11.2 Å². The minimum Gasteiger partial charge on any atom is -0.493 e. The number of hydrogen-bond acceptors (Lipinski definition) is 6. The van der Waals surface area contributed by atoms with Crippen LogP contribution in [0.4, 0.5) is 5.69 Å². The molecule has 0 unspecified atom stereocenters. The quantitative estimate of drug-likeness (QED) is 0.237. The molecule has 0 aliphatic rings. The van der Waals surface area contributed by atoms with Crippen LogP contribution in [0.25, 0.3) is 10.9 Å². The van der Waals surface area contributed by atoms with E-state index in [9.17, 15) is 9.59 Å². The number of nitrogens with one attached hydrogen (secondary N) is 1. The van der Waals surface area contributed by atoms with Crippen LogP contribution < -0.4 is 20.3 Å². The van der Waals surface area contributed by atoms with Crippen LogP contribution in [0.15, 0.2) is 79.5 Å². The molecule has 3 aromatic carbocycles. The van der Waals surface area contributed by atoms with Crippen molar-refractivity contribution in [3.05, 3.63) is 91.4 Å². The minimum atomic E-state index is -0.329. The molecule has 0 saturated heterocycles. The van der Waals surface area contributed by atoms with Crippen molar-refractivity contribution in [2.45, 2.75) is 19.8 Å². The number of carbonyl (C=O) groups excluding carboxylic acids is 1. The van der Waals surface area contributed by atoms with E-state index in [2.05, 4.69) is 47.3 Å². The molecule has 0 radical (unpaired) electrons. The molecular weight excluding hydrogens is 604 g/mol. The first kappa shape index (κ1) is 26.6. The maximum atomic E-state index is 13.3. The van der Waals surface area contributed by atoms with Crippen molar-refractivity contribution in [1.82, 2.24) is 9.66 Å². The number of carbonyl (C=O) groups is 1. The van der Waals surface area contributed by atoms with E-state index >= 15 is 0 Å². The average molecular weight is 628 g/mol. The van der Waals surface area contributed by atoms with Gasteiger partial charge in [-0.05, 0) is 48.9 Å². The number of rotatable bonds is 9. The fourth-order valence-corrected chi connectivity index (χ4v) is 4.48. The lowest BCUT2D eigenvalue weighted by atomic mass is 10.2. The van der Waals surface area contributed by atoms with E-state index in [1.807, 2.05) is 31.2 Å². The van der Waals surface area contributed by atoms with E-state index in [0.29, 0.717) is 50.4 Å². The zero-order valence-electron chi connectivity index (χ0n) is 20.2. The predicted octanol–water partition coefficient (Wildman–Crippen LogP) is 5.78. The molecule has 0 spiro atoms. The summed E-state index contributed by atoms with van der Waals surface area (Å²) >= 11 is 6.89. The SMILES string of the molecule is CCCc1nc2ccc(Br)cc2c(=O)n1N=Cc1cc(Br)cc(OC)c1OCC(=O)Nc1ccccc1. The Balaban J connectivity index is 1.69. The largest absolute Gasteiger partial charge is 0.493 e. The van der Waals surface area contributed by atoms with Crippen LogP contribution in [0.5, 0.6) is 11.5 Å². The molecule has 0 aliphatic heterocycles. The third kappa shape index (κ3) is 6.44. The third-order valence-corrected chi connectivity index (χ3v) is 6.29. The van der Waals surface area contributed by atoms with Crippen molar-refractivity contribution in [1.29, 1.82) is 0 Å². The highest BCUT2D eigenvalue weighted by Gasteiger charge is 2.15. The van der Waals surface area contributed by atoms with Crippen molar-refractivity contribution >= 4 is 60.6 Å². The van der Waals surface area contributed by atoms with Crippen molar-refractivity contribution < 1.29 is 14.3 Å². The summed E-state index contributed by atoms with van der Waals surface area (Å²) in [6.45, 7) is 1.76. The average Bonchev–Trinajstić information content (AvgIpc) is 2.88. The first-order chi connectivity index (χ1) is 17.9. The van der Waals surface area contributed by atoms with Crippen LogP contribution in [0.3, 0.4) is 0 Å². The second-order valence-corrected chi connectivity index (χ2v) is 9.86. The number of halogens is 2. The van der Waals surface area contributed by atoms with Crippen LogP contribution in [0.2, 0.25) is 0 Å². The Morgan fingerprint density at radius 3 is 2.62 bits per heavy atom. The normalized spacial score (nSPS) is 11.1. The number of nitrogens with zero attached hydrogens (tertiary/aromatic N) is 3. The number of hydrogen-bond donors (Lipinski definition) is 1. The van der Waals surface area contributed by atoms with Crippen LogP contribution >= 0.6 is 31.9 Å². The topological polar surface area (TPSA) is 94.8 Å². The van der Waals surface area contributed by atoms with Gasteiger partial charge in [-0.2, -0.15) is 9.78 Å². The first-order valence-corrected chi connectivity index (χ1v) is 13.1. The summed E-state index contributed by atoms with van der Waals surface area (Å²) < 4.78 is 14.2. The predicted molar refractivity (Wildman–Crippen MR) is 152 cm³/mol. The molecule has 190 valence electrons. The summed E-state index contributed by atoms with van der Waals surface area (Å²) in [5.74, 6) is 0.944. The Morgan fingerprint density at radius 1 is 1.11 bits per heavy atom. The number of ether oxygens (including phenoxy) is 2. The van der Waals surface area contributed by atoms with Gasteiger partial charge in [0.15, 0.2) is 18.1 Å². The molecule has 1 aromatic heterocycles. The zero-order valence-corrected chi connectivity index (χ0v) is 23.4. The molecule has 8 nitrogen and oxygen atoms in total. The van der Waals surface area contributed by atoms with Crippen molar-refractivity contribution in [2.24, 2.45) is 5.10 Å². The molecule has 0 bridgehead atoms. The molecular formula is C27H24Br2N4O4. The van der Waals surface area contributed by atoms with Gasteiger partial charge in [0.1, 0.15) is 5.82 Å². The Hall–Kier alpha value is -3.50. The van der Waals surface area contributed by atoms with Crippen molar-refractivity contribution in [2.75, 3.05) is 19.0 Å². The van der Waals surface area contributed by atoms with Gasteiger partial charge in [0.25, 0.3) is 11.5 Å². The number of anilines is 1. The third-order valence-electron chi connectivity index (χ3n) is 5.33. The molecule has 37 heavy (non-hydrogen) atoms. The summed E-state index contributed by atoms with van der Waals surface area (Å²) in [4.78, 5) is 30.5. The van der Waals surface area contributed by atoms with Crippen LogP contribution in [0, 0.1) is 0 Å². The van der Waals surface area contributed by atoms with E-state index in [-0.39, 0.29) is 18.1 Å². The second kappa shape index (κ2) is 12.2. The summed E-state index contributed by atoms with van der Waals surface area (Å²) in [5, 5.41) is 7.73. The molecule has 1 N–H and O–H groups in total. The van der Waals surface area contributed by atoms with Gasteiger partial charge >= 0.3 is 0 Å². The Bertz CT molecular complexity index is 1520. The standard InChI is InChI=1S/C27H24Br2N4O4/c1-3-7-24-32-22-11-10-18(28)13-21(22)27(35)33(24)30-15-17-12-19(29)14-23(36-2)26(17)37-16-25(34)31-20-8-5-4-6-9-20/h4-6,8-15H,3,7,16H2,1-2H3,(H,31,34). The van der Waals surface area contributed by atoms with Gasteiger partial charge in [0, 0.05) is 26.6 Å². The number of fused-ring (bicyclic) bond motifs is 1. The molecule has 0 saturated carbocycles. The van der Waals surface area contributed by atoms with Crippen molar-refractivity contribution in [3.63, 3.8) is 0 Å². The molecule has 1 heterocycles. The van der Waals surface area contributed by atoms with Gasteiger partial charge in [-0.3, -0.25) is 9.59 Å². The van der Waals surface area contributed by atoms with E-state index in [0.717, 1.165) is 10.9 Å². The Kier molecular flexibility index (Phi) is 8.73. The summed E-state index contributed by atoms with van der Waals surface area (Å²) in [5.41, 5.74) is 1.51. The second-order valence-electron chi connectivity index (χ2n) is 8.03. The maximum Gasteiger partial charge on any atom is 0.282 e. The monoisotopic (exact) mass is 626 g/mol. The van der Waals surface area contributed by atoms with E-state index < -0.39 is 0 Å². The molecule has 4 rings (SSSR count). The van der Waals surface area contributed by atoms with Gasteiger partial charge in [-0.1, -0.05) is 57.0 Å². The zero-order chi connectivity index (χ0) is 26.4. The van der Waals surface area contributed by atoms with E-state index in [4.69, 9.17) is 9.47 Å². The van der Waals surface area contributed by atoms with Gasteiger partial charge < -0.3 is 14.8 Å². The molecule has 0 atom stereocenters. The van der Waals surface area contributed by atoms with E-state index in [1.165, 1.54) is 18.0 Å². The number of para-hydroxylation sites is 1. The number of amides is 1. The van der Waals surface area contributed by atoms with Crippen molar-refractivity contribution in [3.8, 4) is 11.5 Å². The maximum absolute atomic E-state index is 13.3. The highest BCUT2D eigenvalue weighted by atomic mass is 79.9.